The third-order valence-corrected chi connectivity index (χ3v) is 8.46. The summed E-state index contributed by atoms with van der Waals surface area (Å²) in [6.45, 7) is 1.73. The molecule has 0 spiro atoms. The second-order valence-corrected chi connectivity index (χ2v) is 11.4. The van der Waals surface area contributed by atoms with Gasteiger partial charge in [-0.15, -0.1) is 0 Å². The quantitative estimate of drug-likeness (QED) is 0.361. The first-order chi connectivity index (χ1) is 18.7. The normalized spacial score (nSPS) is 16.3. The highest BCUT2D eigenvalue weighted by atomic mass is 32.2. The summed E-state index contributed by atoms with van der Waals surface area (Å²) >= 11 is 0. The molecule has 0 saturated carbocycles. The van der Waals surface area contributed by atoms with Crippen molar-refractivity contribution in [2.24, 2.45) is 0 Å². The zero-order chi connectivity index (χ0) is 27.9. The van der Waals surface area contributed by atoms with Crippen molar-refractivity contribution in [2.75, 3.05) is 38.2 Å². The molecule has 3 heterocycles. The molecule has 2 aromatic heterocycles. The zero-order valence-corrected chi connectivity index (χ0v) is 22.6. The standard InChI is InChI=1S/C27H27FN4O6S/c1-15-24-19(27(33)29-16-11-22(36-2)25(38-4)23(12-16)37-3)13-21(18-7-5-6-8-20(18)28)30-26(24)32(31-15)17-9-10-39(34,35)14-17/h5-8,11-13,17H,9-10,14H2,1-4H3,(H,29,33). The molecule has 4 aromatic rings. The van der Waals surface area contributed by atoms with Crippen molar-refractivity contribution in [3.8, 4) is 28.5 Å². The van der Waals surface area contributed by atoms with Gasteiger partial charge in [0.2, 0.25) is 5.75 Å². The van der Waals surface area contributed by atoms with Gasteiger partial charge in [-0.2, -0.15) is 5.10 Å². The van der Waals surface area contributed by atoms with E-state index in [1.807, 2.05) is 0 Å². The van der Waals surface area contributed by atoms with Crippen molar-refractivity contribution in [1.82, 2.24) is 14.8 Å². The first kappa shape index (κ1) is 26.4. The first-order valence-corrected chi connectivity index (χ1v) is 13.9. The van der Waals surface area contributed by atoms with Crippen LogP contribution in [0.3, 0.4) is 0 Å². The van der Waals surface area contributed by atoms with E-state index in [4.69, 9.17) is 14.2 Å². The van der Waals surface area contributed by atoms with Crippen molar-refractivity contribution in [1.29, 1.82) is 0 Å². The molecule has 1 saturated heterocycles. The lowest BCUT2D eigenvalue weighted by molar-refractivity contribution is 0.102. The molecule has 204 valence electrons. The number of pyridine rings is 1. The molecule has 10 nitrogen and oxygen atoms in total. The Bertz CT molecular complexity index is 1680. The fraction of sp³-hybridized carbons (Fsp3) is 0.296. The number of ether oxygens (including phenoxy) is 3. The largest absolute Gasteiger partial charge is 0.493 e. The molecule has 1 fully saturated rings. The minimum absolute atomic E-state index is 0.0412. The summed E-state index contributed by atoms with van der Waals surface area (Å²) in [7, 11) is 1.20. The summed E-state index contributed by atoms with van der Waals surface area (Å²) in [5.74, 6) is 0.0229. The Hall–Kier alpha value is -4.19. The van der Waals surface area contributed by atoms with E-state index in [1.165, 1.54) is 33.5 Å². The van der Waals surface area contributed by atoms with Gasteiger partial charge in [-0.3, -0.25) is 4.79 Å². The number of rotatable bonds is 7. The lowest BCUT2D eigenvalue weighted by atomic mass is 10.0. The third-order valence-electron chi connectivity index (χ3n) is 6.71. The van der Waals surface area contributed by atoms with Crippen LogP contribution in [0.1, 0.15) is 28.5 Å². The molecule has 1 aliphatic rings. The van der Waals surface area contributed by atoms with Gasteiger partial charge in [0.1, 0.15) is 5.82 Å². The number of aromatic nitrogens is 3. The van der Waals surface area contributed by atoms with Gasteiger partial charge in [-0.25, -0.2) is 22.5 Å². The first-order valence-electron chi connectivity index (χ1n) is 12.1. The van der Waals surface area contributed by atoms with Crippen LogP contribution in [0.25, 0.3) is 22.3 Å². The Morgan fingerprint density at radius 2 is 1.77 bits per heavy atom. The number of anilines is 1. The monoisotopic (exact) mass is 554 g/mol. The van der Waals surface area contributed by atoms with E-state index >= 15 is 0 Å². The van der Waals surface area contributed by atoms with Crippen molar-refractivity contribution in [2.45, 2.75) is 19.4 Å². The number of halogens is 1. The highest BCUT2D eigenvalue weighted by Crippen LogP contribution is 2.40. The molecular formula is C27H27FN4O6S. The van der Waals surface area contributed by atoms with Crippen LogP contribution in [0.4, 0.5) is 10.1 Å². The van der Waals surface area contributed by atoms with Gasteiger partial charge < -0.3 is 19.5 Å². The fourth-order valence-electron chi connectivity index (χ4n) is 4.87. The second-order valence-electron chi connectivity index (χ2n) is 9.19. The third kappa shape index (κ3) is 4.87. The predicted octanol–water partition coefficient (Wildman–Crippen LogP) is 4.18. The van der Waals surface area contributed by atoms with Crippen molar-refractivity contribution < 1.29 is 31.8 Å². The SMILES string of the molecule is COc1cc(NC(=O)c2cc(-c3ccccc3F)nc3c2c(C)nn3C2CCS(=O)(=O)C2)cc(OC)c1OC. The predicted molar refractivity (Wildman–Crippen MR) is 144 cm³/mol. The van der Waals surface area contributed by atoms with E-state index < -0.39 is 27.6 Å². The van der Waals surface area contributed by atoms with Gasteiger partial charge in [-0.05, 0) is 31.5 Å². The van der Waals surface area contributed by atoms with Crippen molar-refractivity contribution >= 4 is 32.5 Å². The van der Waals surface area contributed by atoms with Gasteiger partial charge >= 0.3 is 0 Å². The number of benzene rings is 2. The van der Waals surface area contributed by atoms with Crippen LogP contribution < -0.4 is 19.5 Å². The number of methoxy groups -OCH3 is 3. The lowest BCUT2D eigenvalue weighted by Gasteiger charge is -2.15. The maximum atomic E-state index is 14.8. The molecule has 5 rings (SSSR count). The molecule has 1 aliphatic heterocycles. The van der Waals surface area contributed by atoms with E-state index in [1.54, 1.807) is 41.9 Å². The maximum Gasteiger partial charge on any atom is 0.256 e. The number of carbonyl (C=O) groups excluding carboxylic acids is 1. The van der Waals surface area contributed by atoms with Crippen molar-refractivity contribution in [3.63, 3.8) is 0 Å². The van der Waals surface area contributed by atoms with Crippen LogP contribution in [0.5, 0.6) is 17.2 Å². The summed E-state index contributed by atoms with van der Waals surface area (Å²) in [4.78, 5) is 18.4. The van der Waals surface area contributed by atoms with Crippen LogP contribution in [0.15, 0.2) is 42.5 Å². The number of amides is 1. The highest BCUT2D eigenvalue weighted by molar-refractivity contribution is 7.91. The van der Waals surface area contributed by atoms with Gasteiger partial charge in [0.05, 0.1) is 61.2 Å². The van der Waals surface area contributed by atoms with Crippen LogP contribution in [0.2, 0.25) is 0 Å². The average Bonchev–Trinajstić information content (AvgIpc) is 3.45. The number of nitrogens with zero attached hydrogens (tertiary/aromatic N) is 3. The molecular weight excluding hydrogens is 527 g/mol. The Kier molecular flexibility index (Phi) is 6.89. The molecule has 0 radical (unpaired) electrons. The number of carbonyl (C=O) groups is 1. The summed E-state index contributed by atoms with van der Waals surface area (Å²) in [6.07, 6.45) is 0.372. The van der Waals surface area contributed by atoms with E-state index in [-0.39, 0.29) is 28.3 Å². The number of fused-ring (bicyclic) bond motifs is 1. The number of hydrogen-bond donors (Lipinski definition) is 1. The topological polar surface area (TPSA) is 122 Å². The van der Waals surface area contributed by atoms with Crippen LogP contribution in [-0.4, -0.2) is 61.9 Å². The van der Waals surface area contributed by atoms with E-state index in [2.05, 4.69) is 15.4 Å². The summed E-state index contributed by atoms with van der Waals surface area (Å²) < 4.78 is 56.9. The van der Waals surface area contributed by atoms with Crippen LogP contribution in [0, 0.1) is 12.7 Å². The number of aryl methyl sites for hydroxylation is 1. The minimum atomic E-state index is -3.22. The maximum absolute atomic E-state index is 14.8. The number of hydrogen-bond acceptors (Lipinski definition) is 8. The average molecular weight is 555 g/mol. The van der Waals surface area contributed by atoms with Gasteiger partial charge in [0.15, 0.2) is 27.0 Å². The van der Waals surface area contributed by atoms with Crippen LogP contribution >= 0.6 is 0 Å². The van der Waals surface area contributed by atoms with E-state index in [0.717, 1.165) is 0 Å². The summed E-state index contributed by atoms with van der Waals surface area (Å²) in [5.41, 5.74) is 1.81. The highest BCUT2D eigenvalue weighted by Gasteiger charge is 2.32. The molecule has 39 heavy (non-hydrogen) atoms. The van der Waals surface area contributed by atoms with E-state index in [9.17, 15) is 17.6 Å². The Labute approximate surface area is 224 Å². The van der Waals surface area contributed by atoms with Crippen molar-refractivity contribution in [3.05, 3.63) is 59.5 Å². The lowest BCUT2D eigenvalue weighted by Crippen LogP contribution is -2.15. The molecule has 1 amide bonds. The molecule has 0 bridgehead atoms. The Morgan fingerprint density at radius 3 is 2.36 bits per heavy atom. The summed E-state index contributed by atoms with van der Waals surface area (Å²) in [6, 6.07) is 10.4. The molecule has 2 aromatic carbocycles. The summed E-state index contributed by atoms with van der Waals surface area (Å²) in [5, 5.41) is 7.88. The minimum Gasteiger partial charge on any atom is -0.493 e. The molecule has 1 atom stereocenters. The molecule has 0 aliphatic carbocycles. The number of sulfone groups is 1. The second kappa shape index (κ2) is 10.2. The number of nitrogens with one attached hydrogen (secondary N) is 1. The molecule has 1 N–H and O–H groups in total. The van der Waals surface area contributed by atoms with Crippen LogP contribution in [-0.2, 0) is 9.84 Å². The van der Waals surface area contributed by atoms with E-state index in [0.29, 0.717) is 46.1 Å². The zero-order valence-electron chi connectivity index (χ0n) is 21.8. The Morgan fingerprint density at radius 1 is 1.08 bits per heavy atom. The van der Waals surface area contributed by atoms with Gasteiger partial charge in [-0.1, -0.05) is 12.1 Å². The fourth-order valence-corrected chi connectivity index (χ4v) is 6.57. The van der Waals surface area contributed by atoms with Gasteiger partial charge in [0, 0.05) is 23.4 Å². The van der Waals surface area contributed by atoms with Gasteiger partial charge in [0.25, 0.3) is 5.91 Å². The Balaban J connectivity index is 1.67. The smallest absolute Gasteiger partial charge is 0.256 e. The molecule has 12 heteroatoms. The molecule has 1 unspecified atom stereocenters.